The Labute approximate surface area is 161 Å². The van der Waals surface area contributed by atoms with Crippen LogP contribution in [0.2, 0.25) is 10.3 Å². The number of hydrogen-bond donors (Lipinski definition) is 3. The van der Waals surface area contributed by atoms with Crippen LogP contribution in [0.5, 0.6) is 0 Å². The van der Waals surface area contributed by atoms with Crippen molar-refractivity contribution in [3.63, 3.8) is 0 Å². The van der Waals surface area contributed by atoms with Crippen molar-refractivity contribution in [2.24, 2.45) is 5.73 Å². The fraction of sp³-hybridized carbons (Fsp3) is 0.267. The van der Waals surface area contributed by atoms with Crippen LogP contribution in [0.4, 0.5) is 17.2 Å². The molecule has 1 aromatic carbocycles. The Morgan fingerprint density at radius 2 is 1.88 bits per heavy atom. The van der Waals surface area contributed by atoms with Crippen LogP contribution in [0.15, 0.2) is 24.4 Å². The molecule has 4 N–H and O–H groups in total. The van der Waals surface area contributed by atoms with Crippen molar-refractivity contribution in [1.82, 2.24) is 9.97 Å². The second-order valence-electron chi connectivity index (χ2n) is 6.30. The Kier molecular flexibility index (Phi) is 5.64. The summed E-state index contributed by atoms with van der Waals surface area (Å²) in [4.78, 5) is 19.1. The van der Waals surface area contributed by atoms with Gasteiger partial charge in [-0.1, -0.05) is 11.6 Å². The fourth-order valence-corrected chi connectivity index (χ4v) is 2.87. The van der Waals surface area contributed by atoms with Crippen LogP contribution in [0.3, 0.4) is 0 Å². The molecular formula is C15H17Cl2N5O3S. The highest BCUT2D eigenvalue weighted by Crippen LogP contribution is 2.30. The predicted octanol–water partition coefficient (Wildman–Crippen LogP) is 3.17. The van der Waals surface area contributed by atoms with Crippen molar-refractivity contribution in [2.45, 2.75) is 25.5 Å². The molecule has 8 nitrogen and oxygen atoms in total. The van der Waals surface area contributed by atoms with Crippen molar-refractivity contribution in [3.8, 4) is 0 Å². The Hall–Kier alpha value is -2.10. The molecule has 1 aromatic heterocycles. The average Bonchev–Trinajstić information content (AvgIpc) is 2.49. The molecular weight excluding hydrogens is 401 g/mol. The molecule has 0 aliphatic carbocycles. The molecule has 11 heteroatoms. The number of primary amides is 1. The monoisotopic (exact) mass is 417 g/mol. The van der Waals surface area contributed by atoms with E-state index in [2.05, 4.69) is 20.0 Å². The number of aromatic nitrogens is 2. The lowest BCUT2D eigenvalue weighted by molar-refractivity contribution is 0.100. The first-order valence-electron chi connectivity index (χ1n) is 7.32. The number of sulfonamides is 1. The molecule has 0 bridgehead atoms. The normalized spacial score (nSPS) is 11.9. The van der Waals surface area contributed by atoms with Gasteiger partial charge in [-0.15, -0.1) is 0 Å². The van der Waals surface area contributed by atoms with E-state index in [0.29, 0.717) is 5.69 Å². The SMILES string of the molecule is CC(C)(C)S(=O)(=O)Nc1cc(Nc2nc(Cl)ncc2C(N)=O)ccc1Cl. The first-order chi connectivity index (χ1) is 11.9. The van der Waals surface area contributed by atoms with Gasteiger partial charge < -0.3 is 11.1 Å². The molecule has 1 amide bonds. The van der Waals surface area contributed by atoms with Gasteiger partial charge >= 0.3 is 0 Å². The summed E-state index contributed by atoms with van der Waals surface area (Å²) in [5.74, 6) is -0.656. The van der Waals surface area contributed by atoms with Crippen molar-refractivity contribution < 1.29 is 13.2 Å². The quantitative estimate of drug-likeness (QED) is 0.640. The van der Waals surface area contributed by atoms with Crippen LogP contribution in [0, 0.1) is 0 Å². The van der Waals surface area contributed by atoms with E-state index in [1.54, 1.807) is 26.8 Å². The minimum atomic E-state index is -3.67. The molecule has 140 valence electrons. The third-order valence-electron chi connectivity index (χ3n) is 3.30. The van der Waals surface area contributed by atoms with Gasteiger partial charge in [-0.3, -0.25) is 9.52 Å². The van der Waals surface area contributed by atoms with E-state index in [1.165, 1.54) is 18.3 Å². The number of benzene rings is 1. The van der Waals surface area contributed by atoms with Gasteiger partial charge in [0, 0.05) is 11.9 Å². The number of hydrogen-bond acceptors (Lipinski definition) is 6. The van der Waals surface area contributed by atoms with Crippen LogP contribution in [-0.4, -0.2) is 29.0 Å². The summed E-state index contributed by atoms with van der Waals surface area (Å²) in [6.07, 6.45) is 1.19. The maximum absolute atomic E-state index is 12.3. The number of amides is 1. The molecule has 0 spiro atoms. The summed E-state index contributed by atoms with van der Waals surface area (Å²) in [6, 6.07) is 4.54. The molecule has 0 fully saturated rings. The van der Waals surface area contributed by atoms with E-state index < -0.39 is 20.7 Å². The van der Waals surface area contributed by atoms with Crippen LogP contribution in [0.25, 0.3) is 0 Å². The second-order valence-corrected chi connectivity index (χ2v) is 9.48. The lowest BCUT2D eigenvalue weighted by atomic mass is 10.2. The number of anilines is 3. The molecule has 0 unspecified atom stereocenters. The van der Waals surface area contributed by atoms with Gasteiger partial charge in [0.25, 0.3) is 5.91 Å². The molecule has 0 saturated heterocycles. The van der Waals surface area contributed by atoms with Gasteiger partial charge in [0.15, 0.2) is 0 Å². The predicted molar refractivity (Wildman–Crippen MR) is 103 cm³/mol. The van der Waals surface area contributed by atoms with Crippen molar-refractivity contribution in [2.75, 3.05) is 10.0 Å². The number of halogens is 2. The lowest BCUT2D eigenvalue weighted by Gasteiger charge is -2.21. The fourth-order valence-electron chi connectivity index (χ4n) is 1.75. The van der Waals surface area contributed by atoms with Gasteiger partial charge in [0.05, 0.1) is 15.5 Å². The van der Waals surface area contributed by atoms with E-state index >= 15 is 0 Å². The van der Waals surface area contributed by atoms with Crippen molar-refractivity contribution >= 4 is 56.3 Å². The summed E-state index contributed by atoms with van der Waals surface area (Å²) < 4.78 is 26.1. The van der Waals surface area contributed by atoms with Gasteiger partial charge in [-0.05, 0) is 50.6 Å². The topological polar surface area (TPSA) is 127 Å². The number of nitrogens with one attached hydrogen (secondary N) is 2. The Morgan fingerprint density at radius 1 is 1.23 bits per heavy atom. The highest BCUT2D eigenvalue weighted by Gasteiger charge is 2.29. The van der Waals surface area contributed by atoms with E-state index in [9.17, 15) is 13.2 Å². The van der Waals surface area contributed by atoms with Crippen molar-refractivity contribution in [3.05, 3.63) is 40.3 Å². The largest absolute Gasteiger partial charge is 0.365 e. The second kappa shape index (κ2) is 7.26. The van der Waals surface area contributed by atoms with E-state index in [-0.39, 0.29) is 27.4 Å². The summed E-state index contributed by atoms with van der Waals surface area (Å²) in [5, 5.41) is 2.98. The Morgan fingerprint density at radius 3 is 2.46 bits per heavy atom. The van der Waals surface area contributed by atoms with Crippen LogP contribution < -0.4 is 15.8 Å². The molecule has 2 aromatic rings. The number of nitrogens with zero attached hydrogens (tertiary/aromatic N) is 2. The number of rotatable bonds is 5. The molecule has 0 aliphatic heterocycles. The molecule has 0 aliphatic rings. The molecule has 2 rings (SSSR count). The van der Waals surface area contributed by atoms with Gasteiger partial charge in [0.1, 0.15) is 11.4 Å². The summed E-state index contributed by atoms with van der Waals surface area (Å²) >= 11 is 11.8. The third-order valence-corrected chi connectivity index (χ3v) is 5.92. The highest BCUT2D eigenvalue weighted by atomic mass is 35.5. The van der Waals surface area contributed by atoms with E-state index in [1.807, 2.05) is 0 Å². The summed E-state index contributed by atoms with van der Waals surface area (Å²) in [6.45, 7) is 4.69. The maximum Gasteiger partial charge on any atom is 0.254 e. The summed E-state index contributed by atoms with van der Waals surface area (Å²) in [7, 11) is -3.67. The van der Waals surface area contributed by atoms with Crippen LogP contribution >= 0.6 is 23.2 Å². The summed E-state index contributed by atoms with van der Waals surface area (Å²) in [5.41, 5.74) is 5.91. The average molecular weight is 418 g/mol. The van der Waals surface area contributed by atoms with Crippen molar-refractivity contribution in [1.29, 1.82) is 0 Å². The van der Waals surface area contributed by atoms with E-state index in [4.69, 9.17) is 28.9 Å². The first kappa shape index (κ1) is 20.2. The minimum Gasteiger partial charge on any atom is -0.365 e. The zero-order valence-corrected chi connectivity index (χ0v) is 16.5. The number of carbonyl (C=O) groups excluding carboxylic acids is 1. The molecule has 0 radical (unpaired) electrons. The van der Waals surface area contributed by atoms with Gasteiger partial charge in [0.2, 0.25) is 15.3 Å². The standard InChI is InChI=1S/C15H17Cl2N5O3S/c1-15(2,3)26(24,25)22-11-6-8(4-5-10(11)16)20-13-9(12(18)23)7-19-14(17)21-13/h4-7,22H,1-3H3,(H2,18,23)(H,19,20,21). The molecule has 0 atom stereocenters. The smallest absolute Gasteiger partial charge is 0.254 e. The lowest BCUT2D eigenvalue weighted by Crippen LogP contribution is -2.33. The minimum absolute atomic E-state index is 0.0289. The van der Waals surface area contributed by atoms with Crippen LogP contribution in [-0.2, 0) is 10.0 Å². The van der Waals surface area contributed by atoms with Gasteiger partial charge in [-0.25, -0.2) is 13.4 Å². The Bertz CT molecular complexity index is 958. The zero-order chi connectivity index (χ0) is 19.7. The first-order valence-corrected chi connectivity index (χ1v) is 9.56. The molecule has 0 saturated carbocycles. The van der Waals surface area contributed by atoms with E-state index in [0.717, 1.165) is 0 Å². The number of carbonyl (C=O) groups is 1. The van der Waals surface area contributed by atoms with Gasteiger partial charge in [-0.2, -0.15) is 4.98 Å². The molecule has 26 heavy (non-hydrogen) atoms. The zero-order valence-electron chi connectivity index (χ0n) is 14.2. The molecule has 1 heterocycles. The maximum atomic E-state index is 12.3. The van der Waals surface area contributed by atoms with Crippen LogP contribution in [0.1, 0.15) is 31.1 Å². The third kappa shape index (κ3) is 4.54. The highest BCUT2D eigenvalue weighted by molar-refractivity contribution is 7.94. The Balaban J connectivity index is 2.40. The number of nitrogens with two attached hydrogens (primary N) is 1.